The van der Waals surface area contributed by atoms with Gasteiger partial charge in [0.15, 0.2) is 18.1 Å². The number of hydrogen-bond donors (Lipinski definition) is 1. The third kappa shape index (κ3) is 6.23. The number of amides is 1. The number of aryl methyl sites for hydroxylation is 1. The first-order valence-corrected chi connectivity index (χ1v) is 10.6. The van der Waals surface area contributed by atoms with Gasteiger partial charge >= 0.3 is 0 Å². The molecule has 0 atom stereocenters. The van der Waals surface area contributed by atoms with E-state index in [1.54, 1.807) is 0 Å². The van der Waals surface area contributed by atoms with E-state index in [9.17, 15) is 4.79 Å². The smallest absolute Gasteiger partial charge is 0.260 e. The number of likely N-dealkylation sites (tertiary alicyclic amines) is 1. The Bertz CT molecular complexity index is 800. The molecule has 1 amide bonds. The first-order valence-electron chi connectivity index (χ1n) is 10.6. The zero-order chi connectivity index (χ0) is 20.5. The van der Waals surface area contributed by atoms with Crippen molar-refractivity contribution in [2.45, 2.75) is 46.2 Å². The number of nitrogens with zero attached hydrogens (tertiary/aromatic N) is 1. The summed E-state index contributed by atoms with van der Waals surface area (Å²) in [6.45, 7) is 7.92. The standard InChI is InChI=1S/C24H32N2O3/c1-3-28-23-15-20(16-25-17-21-10-6-5-9-19(21)2)11-12-22(23)29-18-24(27)26-13-7-4-8-14-26/h5-6,9-12,15,25H,3-4,7-8,13-14,16-18H2,1-2H3. The van der Waals surface area contributed by atoms with Gasteiger partial charge in [-0.3, -0.25) is 4.79 Å². The number of piperidine rings is 1. The molecule has 1 aliphatic rings. The number of nitrogens with one attached hydrogen (secondary N) is 1. The highest BCUT2D eigenvalue weighted by atomic mass is 16.5. The number of hydrogen-bond acceptors (Lipinski definition) is 4. The first-order chi connectivity index (χ1) is 14.2. The van der Waals surface area contributed by atoms with Crippen molar-refractivity contribution in [2.75, 3.05) is 26.3 Å². The lowest BCUT2D eigenvalue weighted by Gasteiger charge is -2.26. The van der Waals surface area contributed by atoms with Gasteiger partial charge in [0, 0.05) is 26.2 Å². The SMILES string of the molecule is CCOc1cc(CNCc2ccccc2C)ccc1OCC(=O)N1CCCCC1. The monoisotopic (exact) mass is 396 g/mol. The van der Waals surface area contributed by atoms with Gasteiger partial charge in [0.1, 0.15) is 0 Å². The fraction of sp³-hybridized carbons (Fsp3) is 0.458. The summed E-state index contributed by atoms with van der Waals surface area (Å²) < 4.78 is 11.6. The molecule has 2 aromatic carbocycles. The Morgan fingerprint density at radius 1 is 1.00 bits per heavy atom. The summed E-state index contributed by atoms with van der Waals surface area (Å²) in [5.41, 5.74) is 3.71. The molecule has 0 saturated carbocycles. The van der Waals surface area contributed by atoms with Crippen LogP contribution in [-0.2, 0) is 17.9 Å². The predicted molar refractivity (Wildman–Crippen MR) is 115 cm³/mol. The average Bonchev–Trinajstić information content (AvgIpc) is 2.75. The van der Waals surface area contributed by atoms with Gasteiger partial charge in [-0.05, 0) is 61.9 Å². The van der Waals surface area contributed by atoms with Crippen LogP contribution in [0.5, 0.6) is 11.5 Å². The maximum Gasteiger partial charge on any atom is 0.260 e. The molecule has 29 heavy (non-hydrogen) atoms. The van der Waals surface area contributed by atoms with Crippen LogP contribution >= 0.6 is 0 Å². The second-order valence-corrected chi connectivity index (χ2v) is 7.47. The van der Waals surface area contributed by atoms with E-state index in [0.717, 1.165) is 44.6 Å². The fourth-order valence-corrected chi connectivity index (χ4v) is 3.57. The van der Waals surface area contributed by atoms with E-state index in [2.05, 4.69) is 36.5 Å². The Balaban J connectivity index is 1.56. The lowest BCUT2D eigenvalue weighted by atomic mass is 10.1. The molecule has 1 aliphatic heterocycles. The molecule has 0 aromatic heterocycles. The summed E-state index contributed by atoms with van der Waals surface area (Å²) in [5, 5.41) is 3.48. The van der Waals surface area contributed by atoms with Gasteiger partial charge in [0.05, 0.1) is 6.61 Å². The highest BCUT2D eigenvalue weighted by Gasteiger charge is 2.17. The lowest BCUT2D eigenvalue weighted by molar-refractivity contribution is -0.134. The van der Waals surface area contributed by atoms with Crippen LogP contribution in [0.4, 0.5) is 0 Å². The van der Waals surface area contributed by atoms with E-state index in [0.29, 0.717) is 18.1 Å². The molecule has 1 saturated heterocycles. The number of carbonyl (C=O) groups excluding carboxylic acids is 1. The molecule has 1 N–H and O–H groups in total. The maximum atomic E-state index is 12.4. The van der Waals surface area contributed by atoms with Gasteiger partial charge in [0.25, 0.3) is 5.91 Å². The molecular weight excluding hydrogens is 364 g/mol. The van der Waals surface area contributed by atoms with Crippen molar-refractivity contribution in [1.82, 2.24) is 10.2 Å². The zero-order valence-corrected chi connectivity index (χ0v) is 17.6. The van der Waals surface area contributed by atoms with Crippen LogP contribution in [0.2, 0.25) is 0 Å². The van der Waals surface area contributed by atoms with E-state index in [1.807, 2.05) is 30.0 Å². The highest BCUT2D eigenvalue weighted by molar-refractivity contribution is 5.78. The van der Waals surface area contributed by atoms with E-state index in [-0.39, 0.29) is 12.5 Å². The minimum atomic E-state index is 0.0520. The summed E-state index contributed by atoms with van der Waals surface area (Å²) >= 11 is 0. The molecule has 0 unspecified atom stereocenters. The van der Waals surface area contributed by atoms with Crippen LogP contribution in [-0.4, -0.2) is 37.1 Å². The lowest BCUT2D eigenvalue weighted by Crippen LogP contribution is -2.38. The van der Waals surface area contributed by atoms with Gasteiger partial charge in [-0.25, -0.2) is 0 Å². The minimum Gasteiger partial charge on any atom is -0.490 e. The van der Waals surface area contributed by atoms with Gasteiger partial charge in [-0.15, -0.1) is 0 Å². The van der Waals surface area contributed by atoms with Crippen molar-refractivity contribution >= 4 is 5.91 Å². The third-order valence-corrected chi connectivity index (χ3v) is 5.27. The summed E-state index contributed by atoms with van der Waals surface area (Å²) in [6, 6.07) is 14.3. The molecule has 1 heterocycles. The Labute approximate surface area is 174 Å². The maximum absolute atomic E-state index is 12.4. The molecule has 3 rings (SSSR count). The quantitative estimate of drug-likeness (QED) is 0.694. The van der Waals surface area contributed by atoms with Crippen molar-refractivity contribution in [3.8, 4) is 11.5 Å². The highest BCUT2D eigenvalue weighted by Crippen LogP contribution is 2.28. The Hall–Kier alpha value is -2.53. The number of benzene rings is 2. The Kier molecular flexibility index (Phi) is 7.94. The van der Waals surface area contributed by atoms with Crippen LogP contribution in [0.15, 0.2) is 42.5 Å². The van der Waals surface area contributed by atoms with E-state index in [4.69, 9.17) is 9.47 Å². The van der Waals surface area contributed by atoms with Gasteiger partial charge < -0.3 is 19.7 Å². The topological polar surface area (TPSA) is 50.8 Å². The number of ether oxygens (including phenoxy) is 2. The second-order valence-electron chi connectivity index (χ2n) is 7.47. The van der Waals surface area contributed by atoms with E-state index < -0.39 is 0 Å². The first kappa shape index (κ1) is 21.2. The number of rotatable bonds is 9. The minimum absolute atomic E-state index is 0.0520. The molecule has 0 spiro atoms. The van der Waals surface area contributed by atoms with Crippen molar-refractivity contribution in [1.29, 1.82) is 0 Å². The second kappa shape index (κ2) is 10.9. The van der Waals surface area contributed by atoms with Gasteiger partial charge in [-0.2, -0.15) is 0 Å². The largest absolute Gasteiger partial charge is 0.490 e. The number of carbonyl (C=O) groups is 1. The molecule has 0 aliphatic carbocycles. The molecule has 0 radical (unpaired) electrons. The van der Waals surface area contributed by atoms with Crippen LogP contribution in [0.1, 0.15) is 42.9 Å². The molecule has 1 fully saturated rings. The average molecular weight is 397 g/mol. The predicted octanol–water partition coefficient (Wildman–Crippen LogP) is 4.07. The molecule has 0 bridgehead atoms. The Morgan fingerprint density at radius 2 is 1.79 bits per heavy atom. The summed E-state index contributed by atoms with van der Waals surface area (Å²) in [7, 11) is 0. The van der Waals surface area contributed by atoms with Crippen LogP contribution in [0, 0.1) is 6.92 Å². The van der Waals surface area contributed by atoms with Crippen LogP contribution in [0.3, 0.4) is 0 Å². The van der Waals surface area contributed by atoms with Crippen molar-refractivity contribution in [2.24, 2.45) is 0 Å². The summed E-state index contributed by atoms with van der Waals surface area (Å²) in [6.07, 6.45) is 3.37. The molecule has 5 heteroatoms. The van der Waals surface area contributed by atoms with Crippen molar-refractivity contribution in [3.63, 3.8) is 0 Å². The molecule has 2 aromatic rings. The van der Waals surface area contributed by atoms with Gasteiger partial charge in [0.2, 0.25) is 0 Å². The van der Waals surface area contributed by atoms with Crippen LogP contribution in [0.25, 0.3) is 0 Å². The van der Waals surface area contributed by atoms with E-state index >= 15 is 0 Å². The summed E-state index contributed by atoms with van der Waals surface area (Å²) in [5.74, 6) is 1.37. The van der Waals surface area contributed by atoms with Crippen molar-refractivity contribution < 1.29 is 14.3 Å². The zero-order valence-electron chi connectivity index (χ0n) is 17.6. The van der Waals surface area contributed by atoms with E-state index in [1.165, 1.54) is 17.5 Å². The Morgan fingerprint density at radius 3 is 2.55 bits per heavy atom. The van der Waals surface area contributed by atoms with Crippen molar-refractivity contribution in [3.05, 3.63) is 59.2 Å². The normalized spacial score (nSPS) is 13.9. The molecule has 5 nitrogen and oxygen atoms in total. The fourth-order valence-electron chi connectivity index (χ4n) is 3.57. The third-order valence-electron chi connectivity index (χ3n) is 5.27. The summed E-state index contributed by atoms with van der Waals surface area (Å²) in [4.78, 5) is 14.3. The van der Waals surface area contributed by atoms with Gasteiger partial charge in [-0.1, -0.05) is 30.3 Å². The van der Waals surface area contributed by atoms with Crippen LogP contribution < -0.4 is 14.8 Å². The molecular formula is C24H32N2O3. The molecule has 156 valence electrons.